The zero-order valence-electron chi connectivity index (χ0n) is 13.3. The quantitative estimate of drug-likeness (QED) is 0.755. The van der Waals surface area contributed by atoms with E-state index in [1.807, 2.05) is 0 Å². The van der Waals surface area contributed by atoms with Gasteiger partial charge in [-0.15, -0.1) is 0 Å². The van der Waals surface area contributed by atoms with Crippen molar-refractivity contribution in [1.29, 1.82) is 0 Å². The molecule has 0 amide bonds. The SMILES string of the molecule is Cc1ccccc1CN(C)CCCCNC(C)(C)C. The van der Waals surface area contributed by atoms with E-state index < -0.39 is 0 Å². The number of nitrogens with zero attached hydrogens (tertiary/aromatic N) is 1. The highest BCUT2D eigenvalue weighted by molar-refractivity contribution is 5.25. The molecule has 0 heterocycles. The molecule has 1 aromatic rings. The van der Waals surface area contributed by atoms with E-state index in [9.17, 15) is 0 Å². The second kappa shape index (κ2) is 7.66. The van der Waals surface area contributed by atoms with Crippen molar-refractivity contribution in [1.82, 2.24) is 10.2 Å². The van der Waals surface area contributed by atoms with Crippen LogP contribution in [0.4, 0.5) is 0 Å². The van der Waals surface area contributed by atoms with Crippen LogP contribution in [0.25, 0.3) is 0 Å². The molecule has 0 aliphatic carbocycles. The first-order chi connectivity index (χ1) is 8.88. The second-order valence-corrected chi connectivity index (χ2v) is 6.55. The highest BCUT2D eigenvalue weighted by Gasteiger charge is 2.07. The largest absolute Gasteiger partial charge is 0.312 e. The molecule has 0 aliphatic rings. The van der Waals surface area contributed by atoms with Crippen LogP contribution in [0.15, 0.2) is 24.3 Å². The first-order valence-electron chi connectivity index (χ1n) is 7.36. The Morgan fingerprint density at radius 2 is 1.79 bits per heavy atom. The fourth-order valence-corrected chi connectivity index (χ4v) is 2.13. The van der Waals surface area contributed by atoms with Crippen molar-refractivity contribution in [2.75, 3.05) is 20.1 Å². The molecule has 0 unspecified atom stereocenters. The van der Waals surface area contributed by atoms with Crippen molar-refractivity contribution in [2.24, 2.45) is 0 Å². The molecule has 1 N–H and O–H groups in total. The van der Waals surface area contributed by atoms with Crippen molar-refractivity contribution in [2.45, 2.75) is 52.6 Å². The minimum atomic E-state index is 0.243. The van der Waals surface area contributed by atoms with Gasteiger partial charge in [0, 0.05) is 12.1 Å². The molecular formula is C17H30N2. The Hall–Kier alpha value is -0.860. The topological polar surface area (TPSA) is 15.3 Å². The van der Waals surface area contributed by atoms with E-state index in [4.69, 9.17) is 0 Å². The number of rotatable bonds is 7. The molecule has 19 heavy (non-hydrogen) atoms. The summed E-state index contributed by atoms with van der Waals surface area (Å²) >= 11 is 0. The second-order valence-electron chi connectivity index (χ2n) is 6.55. The fourth-order valence-electron chi connectivity index (χ4n) is 2.13. The van der Waals surface area contributed by atoms with E-state index >= 15 is 0 Å². The normalized spacial score (nSPS) is 12.1. The Morgan fingerprint density at radius 1 is 1.11 bits per heavy atom. The number of hydrogen-bond acceptors (Lipinski definition) is 2. The van der Waals surface area contributed by atoms with Gasteiger partial charge >= 0.3 is 0 Å². The first kappa shape index (κ1) is 16.2. The minimum Gasteiger partial charge on any atom is -0.312 e. The predicted octanol–water partition coefficient (Wildman–Crippen LogP) is 3.60. The van der Waals surface area contributed by atoms with Crippen molar-refractivity contribution in [3.63, 3.8) is 0 Å². The fraction of sp³-hybridized carbons (Fsp3) is 0.647. The summed E-state index contributed by atoms with van der Waals surface area (Å²) in [5.41, 5.74) is 3.08. The summed E-state index contributed by atoms with van der Waals surface area (Å²) in [5.74, 6) is 0. The standard InChI is InChI=1S/C17H30N2/c1-15-10-6-7-11-16(15)14-19(5)13-9-8-12-18-17(2,3)4/h6-7,10-11,18H,8-9,12-14H2,1-5H3. The molecule has 2 heteroatoms. The monoisotopic (exact) mass is 262 g/mol. The third-order valence-electron chi connectivity index (χ3n) is 3.32. The van der Waals surface area contributed by atoms with Gasteiger partial charge in [-0.2, -0.15) is 0 Å². The lowest BCUT2D eigenvalue weighted by molar-refractivity contribution is 0.313. The van der Waals surface area contributed by atoms with Crippen LogP contribution >= 0.6 is 0 Å². The summed E-state index contributed by atoms with van der Waals surface area (Å²) in [7, 11) is 2.21. The van der Waals surface area contributed by atoms with Crippen LogP contribution in [-0.2, 0) is 6.54 Å². The van der Waals surface area contributed by atoms with Gasteiger partial charge in [0.15, 0.2) is 0 Å². The molecule has 0 atom stereocenters. The molecule has 0 aromatic heterocycles. The van der Waals surface area contributed by atoms with Gasteiger partial charge in [-0.1, -0.05) is 24.3 Å². The third-order valence-corrected chi connectivity index (χ3v) is 3.32. The molecule has 2 nitrogen and oxygen atoms in total. The van der Waals surface area contributed by atoms with Crippen LogP contribution in [0, 0.1) is 6.92 Å². The Kier molecular flexibility index (Phi) is 6.53. The van der Waals surface area contributed by atoms with E-state index in [-0.39, 0.29) is 5.54 Å². The van der Waals surface area contributed by atoms with Crippen LogP contribution < -0.4 is 5.32 Å². The maximum absolute atomic E-state index is 3.54. The maximum Gasteiger partial charge on any atom is 0.0233 e. The van der Waals surface area contributed by atoms with E-state index in [2.05, 4.69) is 69.2 Å². The van der Waals surface area contributed by atoms with Crippen molar-refractivity contribution in [3.8, 4) is 0 Å². The number of hydrogen-bond donors (Lipinski definition) is 1. The Balaban J connectivity index is 2.18. The maximum atomic E-state index is 3.54. The molecular weight excluding hydrogens is 232 g/mol. The molecule has 0 fully saturated rings. The number of aryl methyl sites for hydroxylation is 1. The summed E-state index contributed by atoms with van der Waals surface area (Å²) in [6, 6.07) is 8.66. The first-order valence-corrected chi connectivity index (χ1v) is 7.36. The average molecular weight is 262 g/mol. The third kappa shape index (κ3) is 7.34. The van der Waals surface area contributed by atoms with E-state index in [1.165, 1.54) is 30.5 Å². The molecule has 1 aromatic carbocycles. The Bertz CT molecular complexity index is 366. The van der Waals surface area contributed by atoms with Crippen LogP contribution in [0.2, 0.25) is 0 Å². The van der Waals surface area contributed by atoms with Gasteiger partial charge in [-0.25, -0.2) is 0 Å². The summed E-state index contributed by atoms with van der Waals surface area (Å²) in [5, 5.41) is 3.54. The van der Waals surface area contributed by atoms with Gasteiger partial charge in [0.05, 0.1) is 0 Å². The molecule has 1 rings (SSSR count). The molecule has 0 saturated carbocycles. The molecule has 0 saturated heterocycles. The molecule has 0 radical (unpaired) electrons. The lowest BCUT2D eigenvalue weighted by Gasteiger charge is -2.21. The zero-order valence-corrected chi connectivity index (χ0v) is 13.3. The van der Waals surface area contributed by atoms with Gasteiger partial charge in [-0.3, -0.25) is 0 Å². The summed E-state index contributed by atoms with van der Waals surface area (Å²) in [4.78, 5) is 2.42. The van der Waals surface area contributed by atoms with E-state index in [0.717, 1.165) is 13.1 Å². The zero-order chi connectivity index (χ0) is 14.3. The number of benzene rings is 1. The Labute approximate surface area is 119 Å². The molecule has 108 valence electrons. The van der Waals surface area contributed by atoms with Crippen molar-refractivity contribution >= 4 is 0 Å². The van der Waals surface area contributed by atoms with Gasteiger partial charge in [0.1, 0.15) is 0 Å². The van der Waals surface area contributed by atoms with Gasteiger partial charge in [0.2, 0.25) is 0 Å². The van der Waals surface area contributed by atoms with E-state index in [0.29, 0.717) is 0 Å². The average Bonchev–Trinajstić information content (AvgIpc) is 2.30. The molecule has 0 aliphatic heterocycles. The Morgan fingerprint density at radius 3 is 2.42 bits per heavy atom. The highest BCUT2D eigenvalue weighted by atomic mass is 15.1. The van der Waals surface area contributed by atoms with Crippen LogP contribution in [0.1, 0.15) is 44.7 Å². The smallest absolute Gasteiger partial charge is 0.0233 e. The predicted molar refractivity (Wildman–Crippen MR) is 84.5 cm³/mol. The van der Waals surface area contributed by atoms with Crippen molar-refractivity contribution < 1.29 is 0 Å². The summed E-state index contributed by atoms with van der Waals surface area (Å²) in [6.07, 6.45) is 2.50. The van der Waals surface area contributed by atoms with Crippen LogP contribution in [-0.4, -0.2) is 30.6 Å². The van der Waals surface area contributed by atoms with Crippen LogP contribution in [0.3, 0.4) is 0 Å². The number of nitrogens with one attached hydrogen (secondary N) is 1. The van der Waals surface area contributed by atoms with Crippen LogP contribution in [0.5, 0.6) is 0 Å². The molecule has 0 bridgehead atoms. The van der Waals surface area contributed by atoms with Gasteiger partial charge in [0.25, 0.3) is 0 Å². The summed E-state index contributed by atoms with van der Waals surface area (Å²) in [6.45, 7) is 12.2. The molecule has 0 spiro atoms. The van der Waals surface area contributed by atoms with E-state index in [1.54, 1.807) is 0 Å². The lowest BCUT2D eigenvalue weighted by Crippen LogP contribution is -2.36. The summed E-state index contributed by atoms with van der Waals surface area (Å²) < 4.78 is 0. The highest BCUT2D eigenvalue weighted by Crippen LogP contribution is 2.09. The van der Waals surface area contributed by atoms with Gasteiger partial charge in [-0.05, 0) is 71.8 Å². The number of unbranched alkanes of at least 4 members (excludes halogenated alkanes) is 1. The minimum absolute atomic E-state index is 0.243. The van der Waals surface area contributed by atoms with Crippen molar-refractivity contribution in [3.05, 3.63) is 35.4 Å². The lowest BCUT2D eigenvalue weighted by atomic mass is 10.1. The van der Waals surface area contributed by atoms with Gasteiger partial charge < -0.3 is 10.2 Å².